The summed E-state index contributed by atoms with van der Waals surface area (Å²) in [4.78, 5) is 0. The Hall–Kier alpha value is -0.420. The van der Waals surface area contributed by atoms with Crippen LogP contribution in [0, 0.1) is 0 Å². The molecule has 1 aromatic carbocycles. The summed E-state index contributed by atoms with van der Waals surface area (Å²) in [6.45, 7) is 2.90. The van der Waals surface area contributed by atoms with Gasteiger partial charge in [0.05, 0.1) is 6.61 Å². The number of hydrogen-bond acceptors (Lipinski definition) is 3. The van der Waals surface area contributed by atoms with Gasteiger partial charge in [-0.05, 0) is 31.0 Å². The van der Waals surface area contributed by atoms with Gasteiger partial charge >= 0.3 is 0 Å². The number of hydrogen-bond donors (Lipinski definition) is 2. The Labute approximate surface area is 111 Å². The van der Waals surface area contributed by atoms with Crippen molar-refractivity contribution in [3.8, 4) is 0 Å². The third-order valence-electron chi connectivity index (χ3n) is 2.70. The van der Waals surface area contributed by atoms with Crippen LogP contribution in [0.5, 0.6) is 0 Å². The first-order valence-electron chi connectivity index (χ1n) is 5.78. The minimum absolute atomic E-state index is 0.175. The monoisotopic (exact) mass is 301 g/mol. The molecule has 2 atom stereocenters. The zero-order chi connectivity index (χ0) is 12.7. The van der Waals surface area contributed by atoms with Crippen LogP contribution in [0.3, 0.4) is 0 Å². The van der Waals surface area contributed by atoms with Crippen LogP contribution in [0.15, 0.2) is 28.7 Å². The van der Waals surface area contributed by atoms with Crippen molar-refractivity contribution in [2.45, 2.75) is 25.4 Å². The van der Waals surface area contributed by atoms with E-state index in [4.69, 9.17) is 9.84 Å². The van der Waals surface area contributed by atoms with Crippen LogP contribution >= 0.6 is 15.9 Å². The van der Waals surface area contributed by atoms with Crippen LogP contribution in [0.4, 0.5) is 0 Å². The molecule has 4 heteroatoms. The highest BCUT2D eigenvalue weighted by atomic mass is 79.9. The number of aliphatic hydroxyl groups excluding tert-OH is 1. The summed E-state index contributed by atoms with van der Waals surface area (Å²) < 4.78 is 6.21. The van der Waals surface area contributed by atoms with Gasteiger partial charge in [-0.25, -0.2) is 0 Å². The molecule has 2 unspecified atom stereocenters. The van der Waals surface area contributed by atoms with Gasteiger partial charge in [0.2, 0.25) is 0 Å². The summed E-state index contributed by atoms with van der Waals surface area (Å²) >= 11 is 3.42. The first kappa shape index (κ1) is 14.6. The average molecular weight is 302 g/mol. The van der Waals surface area contributed by atoms with Gasteiger partial charge in [0, 0.05) is 30.3 Å². The third kappa shape index (κ3) is 5.17. The van der Waals surface area contributed by atoms with Crippen molar-refractivity contribution in [3.63, 3.8) is 0 Å². The fourth-order valence-corrected chi connectivity index (χ4v) is 2.04. The average Bonchev–Trinajstić information content (AvgIpc) is 2.30. The molecule has 0 bridgehead atoms. The predicted molar refractivity (Wildman–Crippen MR) is 73.1 cm³/mol. The van der Waals surface area contributed by atoms with E-state index in [9.17, 15) is 0 Å². The lowest BCUT2D eigenvalue weighted by Gasteiger charge is -2.22. The van der Waals surface area contributed by atoms with E-state index in [1.54, 1.807) is 7.11 Å². The minimum Gasteiger partial charge on any atom is -0.396 e. The first-order chi connectivity index (χ1) is 8.17. The van der Waals surface area contributed by atoms with E-state index in [0.717, 1.165) is 4.47 Å². The normalized spacial score (nSPS) is 14.6. The summed E-state index contributed by atoms with van der Waals surface area (Å²) in [6.07, 6.45) is 0.703. The summed E-state index contributed by atoms with van der Waals surface area (Å²) in [5, 5.41) is 12.4. The van der Waals surface area contributed by atoms with Crippen molar-refractivity contribution in [1.29, 1.82) is 0 Å². The van der Waals surface area contributed by atoms with Gasteiger partial charge in [-0.1, -0.05) is 28.1 Å². The van der Waals surface area contributed by atoms with Crippen molar-refractivity contribution in [2.75, 3.05) is 20.3 Å². The molecule has 2 N–H and O–H groups in total. The minimum atomic E-state index is 0.175. The van der Waals surface area contributed by atoms with E-state index in [2.05, 4.69) is 40.3 Å². The fraction of sp³-hybridized carbons (Fsp3) is 0.538. The first-order valence-corrected chi connectivity index (χ1v) is 6.58. The molecule has 0 aliphatic heterocycles. The van der Waals surface area contributed by atoms with Gasteiger partial charge in [0.25, 0.3) is 0 Å². The molecule has 1 rings (SSSR count). The van der Waals surface area contributed by atoms with Crippen LogP contribution < -0.4 is 5.32 Å². The topological polar surface area (TPSA) is 41.5 Å². The predicted octanol–water partition coefficient (Wildman–Crippen LogP) is 2.50. The maximum Gasteiger partial charge on any atom is 0.0616 e. The van der Waals surface area contributed by atoms with E-state index in [1.807, 2.05) is 12.1 Å². The highest BCUT2D eigenvalue weighted by Crippen LogP contribution is 2.17. The molecule has 0 saturated carbocycles. The smallest absolute Gasteiger partial charge is 0.0616 e. The Bertz CT molecular complexity index is 310. The van der Waals surface area contributed by atoms with Gasteiger partial charge in [0.1, 0.15) is 0 Å². The lowest BCUT2D eigenvalue weighted by atomic mass is 10.1. The Morgan fingerprint density at radius 1 is 1.35 bits per heavy atom. The van der Waals surface area contributed by atoms with Crippen molar-refractivity contribution in [1.82, 2.24) is 5.32 Å². The van der Waals surface area contributed by atoms with Gasteiger partial charge in [-0.15, -0.1) is 0 Å². The van der Waals surface area contributed by atoms with Gasteiger partial charge in [-0.3, -0.25) is 0 Å². The van der Waals surface area contributed by atoms with Crippen LogP contribution in [0.2, 0.25) is 0 Å². The number of methoxy groups -OCH3 is 1. The molecule has 0 aliphatic rings. The van der Waals surface area contributed by atoms with Crippen LogP contribution in [-0.4, -0.2) is 31.5 Å². The molecule has 0 aromatic heterocycles. The molecule has 0 spiro atoms. The van der Waals surface area contributed by atoms with Crippen molar-refractivity contribution in [3.05, 3.63) is 34.3 Å². The maximum absolute atomic E-state index is 8.98. The van der Waals surface area contributed by atoms with E-state index in [1.165, 1.54) is 5.56 Å². The Morgan fingerprint density at radius 3 is 2.53 bits per heavy atom. The zero-order valence-electron chi connectivity index (χ0n) is 10.3. The van der Waals surface area contributed by atoms with Gasteiger partial charge in [-0.2, -0.15) is 0 Å². The number of halogens is 1. The van der Waals surface area contributed by atoms with Crippen LogP contribution in [0.25, 0.3) is 0 Å². The van der Waals surface area contributed by atoms with E-state index >= 15 is 0 Å². The molecule has 0 fully saturated rings. The van der Waals surface area contributed by atoms with E-state index < -0.39 is 0 Å². The number of aliphatic hydroxyl groups is 1. The fourth-order valence-electron chi connectivity index (χ4n) is 1.77. The van der Waals surface area contributed by atoms with Crippen molar-refractivity contribution < 1.29 is 9.84 Å². The maximum atomic E-state index is 8.98. The Morgan fingerprint density at radius 2 is 2.00 bits per heavy atom. The second-order valence-corrected chi connectivity index (χ2v) is 5.02. The molecule has 96 valence electrons. The van der Waals surface area contributed by atoms with Gasteiger partial charge in [0.15, 0.2) is 0 Å². The molecular weight excluding hydrogens is 282 g/mol. The quantitative estimate of drug-likeness (QED) is 0.813. The summed E-state index contributed by atoms with van der Waals surface area (Å²) in [7, 11) is 1.68. The molecule has 1 aromatic rings. The van der Waals surface area contributed by atoms with Crippen LogP contribution in [-0.2, 0) is 4.74 Å². The second kappa shape index (κ2) is 7.82. The largest absolute Gasteiger partial charge is 0.396 e. The molecule has 3 nitrogen and oxygen atoms in total. The molecular formula is C13H20BrNO2. The van der Waals surface area contributed by atoms with Crippen LogP contribution in [0.1, 0.15) is 24.9 Å². The lowest BCUT2D eigenvalue weighted by Crippen LogP contribution is -2.35. The number of rotatable bonds is 7. The molecule has 0 radical (unpaired) electrons. The molecule has 0 saturated heterocycles. The van der Waals surface area contributed by atoms with Crippen molar-refractivity contribution >= 4 is 15.9 Å². The Kier molecular flexibility index (Phi) is 6.73. The lowest BCUT2D eigenvalue weighted by molar-refractivity contribution is 0.143. The summed E-state index contributed by atoms with van der Waals surface area (Å²) in [5.74, 6) is 0. The number of benzene rings is 1. The summed E-state index contributed by atoms with van der Waals surface area (Å²) in [6, 6.07) is 8.67. The summed E-state index contributed by atoms with van der Waals surface area (Å²) in [5.41, 5.74) is 1.23. The van der Waals surface area contributed by atoms with Crippen molar-refractivity contribution in [2.24, 2.45) is 0 Å². The number of nitrogens with one attached hydrogen (secondary N) is 1. The van der Waals surface area contributed by atoms with E-state index in [0.29, 0.717) is 13.0 Å². The highest BCUT2D eigenvalue weighted by molar-refractivity contribution is 9.10. The highest BCUT2D eigenvalue weighted by Gasteiger charge is 2.12. The zero-order valence-corrected chi connectivity index (χ0v) is 11.9. The third-order valence-corrected chi connectivity index (χ3v) is 3.23. The molecule has 0 amide bonds. The van der Waals surface area contributed by atoms with Gasteiger partial charge < -0.3 is 15.2 Å². The standard InChI is InChI=1S/C13H20BrNO2/c1-10(11-3-5-12(14)6-4-11)15-13(7-8-16)9-17-2/h3-6,10,13,15-16H,7-9H2,1-2H3. The molecule has 0 aliphatic carbocycles. The van der Waals surface area contributed by atoms with E-state index in [-0.39, 0.29) is 18.7 Å². The second-order valence-electron chi connectivity index (χ2n) is 4.10. The molecule has 0 heterocycles. The SMILES string of the molecule is COCC(CCO)NC(C)c1ccc(Br)cc1. The number of ether oxygens (including phenoxy) is 1. The molecule has 17 heavy (non-hydrogen) atoms. The Balaban J connectivity index is 2.56.